The third kappa shape index (κ3) is 5.05. The molecule has 0 bridgehead atoms. The van der Waals surface area contributed by atoms with Gasteiger partial charge in [-0.2, -0.15) is 0 Å². The normalized spacial score (nSPS) is 16.8. The molecule has 7 nitrogen and oxygen atoms in total. The third-order valence-corrected chi connectivity index (χ3v) is 6.21. The van der Waals surface area contributed by atoms with Crippen molar-refractivity contribution in [2.45, 2.75) is 19.4 Å². The van der Waals surface area contributed by atoms with Crippen LogP contribution in [0.5, 0.6) is 17.2 Å². The quantitative estimate of drug-likeness (QED) is 0.266. The van der Waals surface area contributed by atoms with Crippen LogP contribution >= 0.6 is 0 Å². The van der Waals surface area contributed by atoms with Crippen LogP contribution in [0.1, 0.15) is 29.7 Å². The van der Waals surface area contributed by atoms with Crippen molar-refractivity contribution in [2.24, 2.45) is 0 Å². The molecule has 1 saturated heterocycles. The Hall–Kier alpha value is -4.26. The van der Waals surface area contributed by atoms with Crippen LogP contribution in [0.15, 0.2) is 78.4 Å². The number of methoxy groups -OCH3 is 2. The molecule has 1 aliphatic heterocycles. The summed E-state index contributed by atoms with van der Waals surface area (Å²) in [5, 5.41) is 11.2. The number of Topliss-reactive ketones (excluding diaryl/α,β-unsaturated/α-hetero) is 1. The maximum absolute atomic E-state index is 13.2. The number of aliphatic hydroxyl groups excluding tert-OH is 1. The van der Waals surface area contributed by atoms with Crippen LogP contribution in [0.2, 0.25) is 0 Å². The summed E-state index contributed by atoms with van der Waals surface area (Å²) in [5.41, 5.74) is 2.20. The average molecular weight is 488 g/mol. The number of carbonyl (C=O) groups excluding carboxylic acids is 2. The van der Waals surface area contributed by atoms with Gasteiger partial charge in [-0.05, 0) is 73.0 Å². The van der Waals surface area contributed by atoms with E-state index in [0.717, 1.165) is 11.3 Å². The Kier molecular flexibility index (Phi) is 7.59. The van der Waals surface area contributed by atoms with Gasteiger partial charge in [0, 0.05) is 12.1 Å². The molecular formula is C29H29NO6. The number of nitrogens with zero attached hydrogens (tertiary/aromatic N) is 1. The number of aliphatic hydroxyl groups is 1. The summed E-state index contributed by atoms with van der Waals surface area (Å²) in [6.07, 6.45) is 0.534. The summed E-state index contributed by atoms with van der Waals surface area (Å²) < 4.78 is 16.0. The van der Waals surface area contributed by atoms with Crippen molar-refractivity contribution in [3.05, 3.63) is 95.1 Å². The number of benzene rings is 3. The van der Waals surface area contributed by atoms with E-state index in [-0.39, 0.29) is 11.3 Å². The molecule has 1 N–H and O–H groups in total. The SMILES string of the molecule is CCOc1ccc(/C(O)=C2/C(=O)C(=O)N(CCc3ccc(OC)cc3)C2c2ccc(OC)cc2)cc1. The van der Waals surface area contributed by atoms with Crippen molar-refractivity contribution in [3.63, 3.8) is 0 Å². The molecule has 3 aromatic rings. The Morgan fingerprint density at radius 3 is 1.94 bits per heavy atom. The van der Waals surface area contributed by atoms with Crippen molar-refractivity contribution >= 4 is 17.4 Å². The average Bonchev–Trinajstić information content (AvgIpc) is 3.17. The summed E-state index contributed by atoms with van der Waals surface area (Å²) >= 11 is 0. The number of carbonyl (C=O) groups is 2. The van der Waals surface area contributed by atoms with E-state index in [4.69, 9.17) is 14.2 Å². The van der Waals surface area contributed by atoms with E-state index in [9.17, 15) is 14.7 Å². The molecule has 0 aromatic heterocycles. The molecule has 0 aliphatic carbocycles. The lowest BCUT2D eigenvalue weighted by atomic mass is 9.95. The second-order valence-corrected chi connectivity index (χ2v) is 8.32. The predicted octanol–water partition coefficient (Wildman–Crippen LogP) is 4.77. The van der Waals surface area contributed by atoms with Crippen LogP contribution in [-0.2, 0) is 16.0 Å². The molecule has 1 atom stereocenters. The van der Waals surface area contributed by atoms with E-state index in [1.807, 2.05) is 31.2 Å². The standard InChI is InChI=1S/C29H29NO6/c1-4-36-24-15-9-21(10-16-24)27(31)25-26(20-7-13-23(35-3)14-8-20)30(29(33)28(25)32)18-17-19-5-11-22(34-2)12-6-19/h5-16,26,31H,4,17-18H2,1-3H3/b27-25-. The van der Waals surface area contributed by atoms with Crippen molar-refractivity contribution in [3.8, 4) is 17.2 Å². The van der Waals surface area contributed by atoms with Crippen molar-refractivity contribution < 1.29 is 28.9 Å². The first-order chi connectivity index (χ1) is 17.5. The van der Waals surface area contributed by atoms with Gasteiger partial charge in [0.15, 0.2) is 0 Å². The highest BCUT2D eigenvalue weighted by Crippen LogP contribution is 2.40. The number of ether oxygens (including phenoxy) is 3. The van der Waals surface area contributed by atoms with Crippen molar-refractivity contribution in [1.82, 2.24) is 4.90 Å². The predicted molar refractivity (Wildman–Crippen MR) is 136 cm³/mol. The second-order valence-electron chi connectivity index (χ2n) is 8.32. The third-order valence-electron chi connectivity index (χ3n) is 6.21. The second kappa shape index (κ2) is 11.0. The van der Waals surface area contributed by atoms with Gasteiger partial charge in [0.25, 0.3) is 11.7 Å². The lowest BCUT2D eigenvalue weighted by Crippen LogP contribution is -2.31. The number of amides is 1. The van der Waals surface area contributed by atoms with E-state index in [1.165, 1.54) is 4.90 Å². The monoisotopic (exact) mass is 487 g/mol. The van der Waals surface area contributed by atoms with Crippen LogP contribution in [-0.4, -0.2) is 49.1 Å². The van der Waals surface area contributed by atoms with Crippen LogP contribution in [0, 0.1) is 0 Å². The Morgan fingerprint density at radius 2 is 1.39 bits per heavy atom. The Balaban J connectivity index is 1.72. The van der Waals surface area contributed by atoms with Gasteiger partial charge >= 0.3 is 0 Å². The molecule has 1 heterocycles. The van der Waals surface area contributed by atoms with Gasteiger partial charge < -0.3 is 24.2 Å². The minimum Gasteiger partial charge on any atom is -0.507 e. The van der Waals surface area contributed by atoms with Crippen LogP contribution in [0.25, 0.3) is 5.76 Å². The van der Waals surface area contributed by atoms with E-state index in [0.29, 0.717) is 42.2 Å². The highest BCUT2D eigenvalue weighted by atomic mass is 16.5. The molecule has 4 rings (SSSR count). The first kappa shape index (κ1) is 24.9. The molecule has 1 fully saturated rings. The summed E-state index contributed by atoms with van der Waals surface area (Å²) in [6, 6.07) is 20.8. The van der Waals surface area contributed by atoms with Gasteiger partial charge in [-0.3, -0.25) is 9.59 Å². The van der Waals surface area contributed by atoms with Gasteiger partial charge in [0.2, 0.25) is 0 Å². The number of hydrogen-bond donors (Lipinski definition) is 1. The van der Waals surface area contributed by atoms with Crippen LogP contribution in [0.4, 0.5) is 0 Å². The minimum absolute atomic E-state index is 0.0593. The summed E-state index contributed by atoms with van der Waals surface area (Å²) in [6.45, 7) is 2.70. The van der Waals surface area contributed by atoms with Crippen molar-refractivity contribution in [2.75, 3.05) is 27.4 Å². The zero-order valence-electron chi connectivity index (χ0n) is 20.6. The number of hydrogen-bond acceptors (Lipinski definition) is 6. The highest BCUT2D eigenvalue weighted by molar-refractivity contribution is 6.46. The zero-order chi connectivity index (χ0) is 25.7. The highest BCUT2D eigenvalue weighted by Gasteiger charge is 2.45. The van der Waals surface area contributed by atoms with E-state index in [2.05, 4.69) is 0 Å². The molecular weight excluding hydrogens is 458 g/mol. The molecule has 1 unspecified atom stereocenters. The van der Waals surface area contributed by atoms with Gasteiger partial charge in [0.1, 0.15) is 23.0 Å². The largest absolute Gasteiger partial charge is 0.507 e. The van der Waals surface area contributed by atoms with Gasteiger partial charge in [0.05, 0.1) is 32.4 Å². The molecule has 186 valence electrons. The molecule has 1 aliphatic rings. The summed E-state index contributed by atoms with van der Waals surface area (Å²) in [7, 11) is 3.18. The van der Waals surface area contributed by atoms with Crippen LogP contribution in [0.3, 0.4) is 0 Å². The van der Waals surface area contributed by atoms with E-state index < -0.39 is 17.7 Å². The van der Waals surface area contributed by atoms with Gasteiger partial charge in [-0.1, -0.05) is 24.3 Å². The number of rotatable bonds is 9. The molecule has 0 spiro atoms. The van der Waals surface area contributed by atoms with E-state index in [1.54, 1.807) is 62.8 Å². The maximum atomic E-state index is 13.2. The fraction of sp³-hybridized carbons (Fsp3) is 0.241. The number of ketones is 1. The smallest absolute Gasteiger partial charge is 0.295 e. The Morgan fingerprint density at radius 1 is 0.833 bits per heavy atom. The minimum atomic E-state index is -0.735. The molecule has 1 amide bonds. The van der Waals surface area contributed by atoms with E-state index >= 15 is 0 Å². The molecule has 7 heteroatoms. The lowest BCUT2D eigenvalue weighted by molar-refractivity contribution is -0.139. The molecule has 0 saturated carbocycles. The molecule has 36 heavy (non-hydrogen) atoms. The first-order valence-corrected chi connectivity index (χ1v) is 11.7. The van der Waals surface area contributed by atoms with Gasteiger partial charge in [-0.15, -0.1) is 0 Å². The van der Waals surface area contributed by atoms with Crippen molar-refractivity contribution in [1.29, 1.82) is 0 Å². The Labute approximate surface area is 210 Å². The fourth-order valence-electron chi connectivity index (χ4n) is 4.32. The first-order valence-electron chi connectivity index (χ1n) is 11.7. The molecule has 3 aromatic carbocycles. The topological polar surface area (TPSA) is 85.3 Å². The lowest BCUT2D eigenvalue weighted by Gasteiger charge is -2.25. The summed E-state index contributed by atoms with van der Waals surface area (Å²) in [5.74, 6) is 0.479. The number of likely N-dealkylation sites (tertiary alicyclic amines) is 1. The zero-order valence-corrected chi connectivity index (χ0v) is 20.6. The van der Waals surface area contributed by atoms with Gasteiger partial charge in [-0.25, -0.2) is 0 Å². The maximum Gasteiger partial charge on any atom is 0.295 e. The Bertz CT molecular complexity index is 1250. The summed E-state index contributed by atoms with van der Waals surface area (Å²) in [4.78, 5) is 27.9. The fourth-order valence-corrected chi connectivity index (χ4v) is 4.32. The van der Waals surface area contributed by atoms with Crippen LogP contribution < -0.4 is 14.2 Å². The molecule has 0 radical (unpaired) electrons.